The third kappa shape index (κ3) is 3.86. The van der Waals surface area contributed by atoms with Crippen molar-refractivity contribution < 1.29 is 9.53 Å². The molecule has 0 aromatic carbocycles. The maximum atomic E-state index is 11.9. The van der Waals surface area contributed by atoms with Crippen molar-refractivity contribution in [3.05, 3.63) is 17.2 Å². The third-order valence-electron chi connectivity index (χ3n) is 3.10. The van der Waals surface area contributed by atoms with Gasteiger partial charge in [-0.15, -0.1) is 0 Å². The van der Waals surface area contributed by atoms with E-state index in [1.165, 1.54) is 0 Å². The molecule has 1 fully saturated rings. The number of aromatic nitrogens is 2. The highest BCUT2D eigenvalue weighted by atomic mass is 35.5. The second kappa shape index (κ2) is 5.41. The van der Waals surface area contributed by atoms with Gasteiger partial charge in [0.25, 0.3) is 0 Å². The zero-order valence-corrected chi connectivity index (χ0v) is 12.3. The van der Waals surface area contributed by atoms with Crippen LogP contribution in [0.25, 0.3) is 0 Å². The Labute approximate surface area is 118 Å². The molecule has 106 valence electrons. The molecule has 0 bridgehead atoms. The van der Waals surface area contributed by atoms with Crippen molar-refractivity contribution in [2.75, 3.05) is 13.1 Å². The van der Waals surface area contributed by atoms with Gasteiger partial charge in [0.2, 0.25) is 0 Å². The summed E-state index contributed by atoms with van der Waals surface area (Å²) in [5.74, 6) is 1.25. The molecule has 6 heteroatoms. The van der Waals surface area contributed by atoms with Gasteiger partial charge >= 0.3 is 6.09 Å². The number of imidazole rings is 1. The predicted molar refractivity (Wildman–Crippen MR) is 73.4 cm³/mol. The van der Waals surface area contributed by atoms with Gasteiger partial charge in [-0.25, -0.2) is 9.78 Å². The molecule has 1 aromatic heterocycles. The fourth-order valence-corrected chi connectivity index (χ4v) is 2.33. The van der Waals surface area contributed by atoms with Crippen LogP contribution < -0.4 is 0 Å². The largest absolute Gasteiger partial charge is 0.444 e. The fraction of sp³-hybridized carbons (Fsp3) is 0.692. The number of hydrogen-bond acceptors (Lipinski definition) is 3. The van der Waals surface area contributed by atoms with Crippen LogP contribution in [0, 0.1) is 0 Å². The number of ether oxygens (including phenoxy) is 1. The summed E-state index contributed by atoms with van der Waals surface area (Å²) in [7, 11) is 0. The number of nitrogens with zero attached hydrogens (tertiary/aromatic N) is 2. The van der Waals surface area contributed by atoms with Gasteiger partial charge in [0.15, 0.2) is 0 Å². The number of H-pyrrole nitrogens is 1. The van der Waals surface area contributed by atoms with Crippen molar-refractivity contribution in [2.24, 2.45) is 0 Å². The molecule has 5 nitrogen and oxygen atoms in total. The molecule has 1 aromatic rings. The highest BCUT2D eigenvalue weighted by Crippen LogP contribution is 2.27. The summed E-state index contributed by atoms with van der Waals surface area (Å²) in [6.45, 7) is 7.02. The molecule has 1 aliphatic rings. The van der Waals surface area contributed by atoms with Crippen molar-refractivity contribution >= 4 is 17.7 Å². The van der Waals surface area contributed by atoms with Gasteiger partial charge in [0, 0.05) is 19.0 Å². The van der Waals surface area contributed by atoms with Gasteiger partial charge in [-0.3, -0.25) is 0 Å². The number of aromatic amines is 1. The van der Waals surface area contributed by atoms with E-state index < -0.39 is 5.60 Å². The number of likely N-dealkylation sites (tertiary alicyclic amines) is 1. The third-order valence-corrected chi connectivity index (χ3v) is 3.29. The molecule has 0 radical (unpaired) electrons. The van der Waals surface area contributed by atoms with Crippen LogP contribution in [0.2, 0.25) is 5.15 Å². The molecule has 1 N–H and O–H groups in total. The highest BCUT2D eigenvalue weighted by molar-refractivity contribution is 6.29. The molecule has 2 heterocycles. The van der Waals surface area contributed by atoms with Crippen LogP contribution in [0.15, 0.2) is 6.20 Å². The van der Waals surface area contributed by atoms with Crippen molar-refractivity contribution in [1.82, 2.24) is 14.9 Å². The van der Waals surface area contributed by atoms with E-state index in [4.69, 9.17) is 16.3 Å². The number of carbonyl (C=O) groups is 1. The predicted octanol–water partition coefficient (Wildman–Crippen LogP) is 3.18. The number of piperidine rings is 1. The lowest BCUT2D eigenvalue weighted by molar-refractivity contribution is 0.0203. The Hall–Kier alpha value is -1.23. The van der Waals surface area contributed by atoms with Crippen LogP contribution in [0.3, 0.4) is 0 Å². The van der Waals surface area contributed by atoms with E-state index in [9.17, 15) is 4.79 Å². The zero-order valence-electron chi connectivity index (χ0n) is 11.6. The fourth-order valence-electron chi connectivity index (χ4n) is 2.18. The summed E-state index contributed by atoms with van der Waals surface area (Å²) in [6.07, 6.45) is 3.15. The lowest BCUT2D eigenvalue weighted by atomic mass is 9.96. The van der Waals surface area contributed by atoms with Gasteiger partial charge in [-0.05, 0) is 33.6 Å². The molecule has 0 saturated carbocycles. The lowest BCUT2D eigenvalue weighted by Gasteiger charge is -2.32. The Morgan fingerprint density at radius 3 is 2.58 bits per heavy atom. The van der Waals surface area contributed by atoms with Crippen LogP contribution >= 0.6 is 11.6 Å². The minimum atomic E-state index is -0.442. The first kappa shape index (κ1) is 14.2. The van der Waals surface area contributed by atoms with Gasteiger partial charge in [0.1, 0.15) is 16.6 Å². The maximum Gasteiger partial charge on any atom is 0.410 e. The molecular formula is C13H20ClN3O2. The number of rotatable bonds is 1. The minimum Gasteiger partial charge on any atom is -0.444 e. The van der Waals surface area contributed by atoms with Gasteiger partial charge in [0.05, 0.1) is 6.20 Å². The van der Waals surface area contributed by atoms with Crippen molar-refractivity contribution in [2.45, 2.75) is 45.1 Å². The van der Waals surface area contributed by atoms with Crippen LogP contribution in [-0.4, -0.2) is 39.7 Å². The summed E-state index contributed by atoms with van der Waals surface area (Å²) in [6, 6.07) is 0. The Morgan fingerprint density at radius 1 is 1.47 bits per heavy atom. The van der Waals surface area contributed by atoms with Crippen molar-refractivity contribution in [3.8, 4) is 0 Å². The van der Waals surface area contributed by atoms with E-state index in [1.54, 1.807) is 11.1 Å². The summed E-state index contributed by atoms with van der Waals surface area (Å²) in [5.41, 5.74) is -0.442. The first-order valence-electron chi connectivity index (χ1n) is 6.53. The SMILES string of the molecule is CC(C)(C)OC(=O)N1CCC(c2ncc(Cl)[nH]2)CC1. The van der Waals surface area contributed by atoms with Crippen molar-refractivity contribution in [3.63, 3.8) is 0 Å². The smallest absolute Gasteiger partial charge is 0.410 e. The molecule has 1 saturated heterocycles. The standard InChI is InChI=1S/C13H20ClN3O2/c1-13(2,3)19-12(18)17-6-4-9(5-7-17)11-15-8-10(14)16-11/h8-9H,4-7H2,1-3H3,(H,15,16). The van der Waals surface area contributed by atoms with Crippen LogP contribution in [0.1, 0.15) is 45.4 Å². The molecular weight excluding hydrogens is 266 g/mol. The van der Waals surface area contributed by atoms with Gasteiger partial charge in [-0.2, -0.15) is 0 Å². The number of carbonyl (C=O) groups excluding carboxylic acids is 1. The average molecular weight is 286 g/mol. The summed E-state index contributed by atoms with van der Waals surface area (Å²) >= 11 is 5.83. The molecule has 0 atom stereocenters. The number of hydrogen-bond donors (Lipinski definition) is 1. The quantitative estimate of drug-likeness (QED) is 0.862. The molecule has 0 aliphatic carbocycles. The topological polar surface area (TPSA) is 58.2 Å². The Bertz CT molecular complexity index is 445. The van der Waals surface area contributed by atoms with E-state index >= 15 is 0 Å². The normalized spacial score (nSPS) is 17.6. The molecule has 0 unspecified atom stereocenters. The second-order valence-electron chi connectivity index (χ2n) is 5.86. The average Bonchev–Trinajstić information content (AvgIpc) is 2.74. The maximum absolute atomic E-state index is 11.9. The monoisotopic (exact) mass is 285 g/mol. The molecule has 1 amide bonds. The first-order chi connectivity index (χ1) is 8.85. The Morgan fingerprint density at radius 2 is 2.11 bits per heavy atom. The van der Waals surface area contributed by atoms with Gasteiger partial charge < -0.3 is 14.6 Å². The van der Waals surface area contributed by atoms with Crippen molar-refractivity contribution in [1.29, 1.82) is 0 Å². The van der Waals surface area contributed by atoms with Gasteiger partial charge in [-0.1, -0.05) is 11.6 Å². The lowest BCUT2D eigenvalue weighted by Crippen LogP contribution is -2.41. The summed E-state index contributed by atoms with van der Waals surface area (Å²) in [4.78, 5) is 21.0. The van der Waals surface area contributed by atoms with E-state index in [0.717, 1.165) is 18.7 Å². The molecule has 1 aliphatic heterocycles. The van der Waals surface area contributed by atoms with E-state index in [2.05, 4.69) is 9.97 Å². The molecule has 19 heavy (non-hydrogen) atoms. The number of amides is 1. The van der Waals surface area contributed by atoms with E-state index in [0.29, 0.717) is 24.2 Å². The second-order valence-corrected chi connectivity index (χ2v) is 6.27. The molecule has 2 rings (SSSR count). The Balaban J connectivity index is 1.87. The Kier molecular flexibility index (Phi) is 4.04. The number of nitrogens with one attached hydrogen (secondary N) is 1. The first-order valence-corrected chi connectivity index (χ1v) is 6.91. The van der Waals surface area contributed by atoms with E-state index in [1.807, 2.05) is 20.8 Å². The number of halogens is 1. The van der Waals surface area contributed by atoms with Crippen LogP contribution in [0.5, 0.6) is 0 Å². The van der Waals surface area contributed by atoms with E-state index in [-0.39, 0.29) is 6.09 Å². The molecule has 0 spiro atoms. The highest BCUT2D eigenvalue weighted by Gasteiger charge is 2.28. The minimum absolute atomic E-state index is 0.233. The van der Waals surface area contributed by atoms with Crippen LogP contribution in [0.4, 0.5) is 4.79 Å². The van der Waals surface area contributed by atoms with Crippen LogP contribution in [-0.2, 0) is 4.74 Å². The zero-order chi connectivity index (χ0) is 14.0. The summed E-state index contributed by atoms with van der Waals surface area (Å²) in [5, 5.41) is 0.560. The summed E-state index contributed by atoms with van der Waals surface area (Å²) < 4.78 is 5.36.